The first-order valence-electron chi connectivity index (χ1n) is 3.95. The van der Waals surface area contributed by atoms with E-state index in [4.69, 9.17) is 0 Å². The van der Waals surface area contributed by atoms with Crippen LogP contribution in [0.4, 0.5) is 0 Å². The smallest absolute Gasteiger partial charge is 0.196 e. The molecule has 2 nitrogen and oxygen atoms in total. The van der Waals surface area contributed by atoms with E-state index in [1.165, 1.54) is 5.70 Å². The summed E-state index contributed by atoms with van der Waals surface area (Å²) >= 11 is 0. The van der Waals surface area contributed by atoms with Crippen molar-refractivity contribution in [2.24, 2.45) is 0 Å². The van der Waals surface area contributed by atoms with Crippen LogP contribution in [0.25, 0.3) is 0 Å². The van der Waals surface area contributed by atoms with Crippen molar-refractivity contribution in [3.8, 4) is 0 Å². The Balaban J connectivity index is 2.31. The fourth-order valence-corrected chi connectivity index (χ4v) is 1.69. The molecule has 2 heterocycles. The number of rotatable bonds is 0. The van der Waals surface area contributed by atoms with Crippen LogP contribution < -0.4 is 0 Å². The van der Waals surface area contributed by atoms with Gasteiger partial charge in [-0.1, -0.05) is 6.08 Å². The van der Waals surface area contributed by atoms with Gasteiger partial charge in [-0.2, -0.15) is 0 Å². The molecule has 0 bridgehead atoms. The van der Waals surface area contributed by atoms with Crippen molar-refractivity contribution >= 4 is 6.21 Å². The molecule has 58 valence electrons. The van der Waals surface area contributed by atoms with Gasteiger partial charge in [0.05, 0.1) is 5.70 Å². The summed E-state index contributed by atoms with van der Waals surface area (Å²) in [5.41, 5.74) is 1.41. The highest BCUT2D eigenvalue weighted by molar-refractivity contribution is 5.70. The maximum Gasteiger partial charge on any atom is 0.196 e. The van der Waals surface area contributed by atoms with E-state index in [0.717, 1.165) is 6.42 Å². The summed E-state index contributed by atoms with van der Waals surface area (Å²) in [6.07, 6.45) is 9.83. The molecule has 1 atom stereocenters. The molecule has 0 aliphatic carbocycles. The molecular formula is C9H13N2+. The number of hydrogen-bond acceptors (Lipinski definition) is 1. The van der Waals surface area contributed by atoms with Gasteiger partial charge in [-0.3, -0.25) is 0 Å². The third kappa shape index (κ3) is 0.897. The first kappa shape index (κ1) is 6.65. The summed E-state index contributed by atoms with van der Waals surface area (Å²) in [5, 5.41) is 0. The van der Waals surface area contributed by atoms with E-state index >= 15 is 0 Å². The summed E-state index contributed by atoms with van der Waals surface area (Å²) in [5.74, 6) is 0. The predicted molar refractivity (Wildman–Crippen MR) is 45.6 cm³/mol. The highest BCUT2D eigenvalue weighted by atomic mass is 15.2. The van der Waals surface area contributed by atoms with Crippen molar-refractivity contribution in [2.45, 2.75) is 12.5 Å². The summed E-state index contributed by atoms with van der Waals surface area (Å²) in [7, 11) is 4.22. The summed E-state index contributed by atoms with van der Waals surface area (Å²) < 4.78 is 2.26. The van der Waals surface area contributed by atoms with Crippen molar-refractivity contribution in [1.82, 2.24) is 4.90 Å². The van der Waals surface area contributed by atoms with Crippen molar-refractivity contribution in [1.29, 1.82) is 0 Å². The maximum atomic E-state index is 2.26. The van der Waals surface area contributed by atoms with Crippen molar-refractivity contribution in [3.05, 3.63) is 24.0 Å². The number of fused-ring (bicyclic) bond motifs is 1. The van der Waals surface area contributed by atoms with Crippen molar-refractivity contribution in [3.63, 3.8) is 0 Å². The van der Waals surface area contributed by atoms with E-state index in [-0.39, 0.29) is 0 Å². The minimum absolute atomic E-state index is 0.588. The molecule has 0 aromatic heterocycles. The van der Waals surface area contributed by atoms with Crippen LogP contribution in [0, 0.1) is 0 Å². The van der Waals surface area contributed by atoms with Gasteiger partial charge in [-0.25, -0.2) is 4.58 Å². The molecule has 0 fully saturated rings. The second kappa shape index (κ2) is 2.22. The molecule has 2 aliphatic rings. The molecule has 0 saturated carbocycles. The van der Waals surface area contributed by atoms with Crippen LogP contribution in [0.5, 0.6) is 0 Å². The number of nitrogens with zero attached hydrogens (tertiary/aromatic N) is 2. The Bertz CT molecular complexity index is 261. The number of hydrogen-bond donors (Lipinski definition) is 0. The lowest BCUT2D eigenvalue weighted by atomic mass is 10.1. The molecular weight excluding hydrogens is 136 g/mol. The van der Waals surface area contributed by atoms with Crippen LogP contribution >= 0.6 is 0 Å². The predicted octanol–water partition coefficient (Wildman–Crippen LogP) is 0.815. The quantitative estimate of drug-likeness (QED) is 0.462. The van der Waals surface area contributed by atoms with Crippen LogP contribution in [-0.4, -0.2) is 35.8 Å². The Morgan fingerprint density at radius 3 is 3.18 bits per heavy atom. The fourth-order valence-electron chi connectivity index (χ4n) is 1.69. The topological polar surface area (TPSA) is 6.25 Å². The van der Waals surface area contributed by atoms with Gasteiger partial charge in [-0.05, 0) is 6.20 Å². The molecule has 0 N–H and O–H groups in total. The zero-order valence-corrected chi connectivity index (χ0v) is 6.99. The molecule has 0 amide bonds. The maximum absolute atomic E-state index is 2.26. The van der Waals surface area contributed by atoms with Gasteiger partial charge in [0.15, 0.2) is 12.3 Å². The van der Waals surface area contributed by atoms with E-state index in [9.17, 15) is 0 Å². The van der Waals surface area contributed by atoms with Gasteiger partial charge < -0.3 is 4.90 Å². The Hall–Kier alpha value is -1.05. The van der Waals surface area contributed by atoms with Crippen LogP contribution in [0.15, 0.2) is 24.0 Å². The van der Waals surface area contributed by atoms with Crippen LogP contribution in [-0.2, 0) is 0 Å². The van der Waals surface area contributed by atoms with E-state index in [1.807, 2.05) is 0 Å². The second-order valence-corrected chi connectivity index (χ2v) is 3.15. The summed E-state index contributed by atoms with van der Waals surface area (Å²) in [4.78, 5) is 2.19. The molecule has 11 heavy (non-hydrogen) atoms. The van der Waals surface area contributed by atoms with Gasteiger partial charge in [-0.15, -0.1) is 0 Å². The standard InChI is InChI=1S/C9H13N2/c1-10-6-3-4-8-9(10)5-7-11(8)2/h3,5-8H,4H2,1-2H3/q+1. The lowest BCUT2D eigenvalue weighted by molar-refractivity contribution is -0.520. The average Bonchev–Trinajstić information content (AvgIpc) is 2.35. The average molecular weight is 149 g/mol. The van der Waals surface area contributed by atoms with Gasteiger partial charge in [0, 0.05) is 19.5 Å². The molecule has 2 heteroatoms. The van der Waals surface area contributed by atoms with Gasteiger partial charge in [0.1, 0.15) is 7.05 Å². The highest BCUT2D eigenvalue weighted by Crippen LogP contribution is 2.21. The fraction of sp³-hybridized carbons (Fsp3) is 0.444. The zero-order chi connectivity index (χ0) is 7.84. The third-order valence-corrected chi connectivity index (χ3v) is 2.41. The molecule has 2 aliphatic heterocycles. The van der Waals surface area contributed by atoms with E-state index in [0.29, 0.717) is 6.04 Å². The van der Waals surface area contributed by atoms with Crippen LogP contribution in [0.2, 0.25) is 0 Å². The van der Waals surface area contributed by atoms with Crippen LogP contribution in [0.3, 0.4) is 0 Å². The first-order valence-corrected chi connectivity index (χ1v) is 3.95. The zero-order valence-electron chi connectivity index (χ0n) is 6.99. The Morgan fingerprint density at radius 1 is 1.64 bits per heavy atom. The van der Waals surface area contributed by atoms with Gasteiger partial charge in [0.2, 0.25) is 0 Å². The number of likely N-dealkylation sites (N-methyl/N-ethyl adjacent to an activating group) is 2. The van der Waals surface area contributed by atoms with Crippen molar-refractivity contribution in [2.75, 3.05) is 14.1 Å². The highest BCUT2D eigenvalue weighted by Gasteiger charge is 2.29. The van der Waals surface area contributed by atoms with E-state index in [1.54, 1.807) is 0 Å². The second-order valence-electron chi connectivity index (χ2n) is 3.15. The lowest BCUT2D eigenvalue weighted by Crippen LogP contribution is -2.30. The lowest BCUT2D eigenvalue weighted by Gasteiger charge is -2.23. The minimum Gasteiger partial charge on any atom is -0.349 e. The normalized spacial score (nSPS) is 28.2. The van der Waals surface area contributed by atoms with Crippen LogP contribution in [0.1, 0.15) is 6.42 Å². The first-order chi connectivity index (χ1) is 5.29. The molecule has 0 radical (unpaired) electrons. The molecule has 0 saturated heterocycles. The third-order valence-electron chi connectivity index (χ3n) is 2.41. The minimum atomic E-state index is 0.588. The molecule has 2 rings (SSSR count). The van der Waals surface area contributed by atoms with Crippen molar-refractivity contribution < 1.29 is 4.58 Å². The Kier molecular flexibility index (Phi) is 1.34. The largest absolute Gasteiger partial charge is 0.349 e. The Morgan fingerprint density at radius 2 is 2.45 bits per heavy atom. The summed E-state index contributed by atoms with van der Waals surface area (Å²) in [6.45, 7) is 0. The monoisotopic (exact) mass is 149 g/mol. The number of allylic oxidation sites excluding steroid dienone is 1. The SMILES string of the molecule is CN1C=CCC2C1=CC=[N+]2C. The molecule has 1 unspecified atom stereocenters. The summed E-state index contributed by atoms with van der Waals surface area (Å²) in [6, 6.07) is 0.588. The van der Waals surface area contributed by atoms with E-state index in [2.05, 4.69) is 48.1 Å². The van der Waals surface area contributed by atoms with E-state index < -0.39 is 0 Å². The Labute approximate surface area is 67.1 Å². The molecule has 0 spiro atoms. The molecule has 0 aromatic carbocycles. The van der Waals surface area contributed by atoms with Gasteiger partial charge in [0.25, 0.3) is 0 Å². The van der Waals surface area contributed by atoms with Gasteiger partial charge >= 0.3 is 0 Å². The molecule has 0 aromatic rings.